The van der Waals surface area contributed by atoms with Crippen LogP contribution in [0.1, 0.15) is 0 Å². The molecule has 1 unspecified atom stereocenters. The van der Waals surface area contributed by atoms with E-state index in [0.29, 0.717) is 4.47 Å². The monoisotopic (exact) mass is 301 g/mol. The second kappa shape index (κ2) is 5.53. The van der Waals surface area contributed by atoms with Gasteiger partial charge in [0.2, 0.25) is 0 Å². The molecule has 0 bridgehead atoms. The van der Waals surface area contributed by atoms with Gasteiger partial charge < -0.3 is 10.4 Å². The van der Waals surface area contributed by atoms with Gasteiger partial charge in [-0.1, -0.05) is 11.6 Å². The van der Waals surface area contributed by atoms with Gasteiger partial charge in [-0.25, -0.2) is 18.7 Å². The van der Waals surface area contributed by atoms with E-state index in [4.69, 9.17) is 16.7 Å². The van der Waals surface area contributed by atoms with Crippen molar-refractivity contribution in [3.8, 4) is 0 Å². The van der Waals surface area contributed by atoms with Crippen molar-refractivity contribution in [3.63, 3.8) is 0 Å². The molecule has 84 valence electrons. The van der Waals surface area contributed by atoms with Gasteiger partial charge in [0.15, 0.2) is 0 Å². The van der Waals surface area contributed by atoms with Crippen LogP contribution in [0.3, 0.4) is 0 Å². The number of rotatable bonds is 4. The summed E-state index contributed by atoms with van der Waals surface area (Å²) in [6.45, 7) is -0.316. The molecule has 2 N–H and O–H groups in total. The maximum absolute atomic E-state index is 12.0. The summed E-state index contributed by atoms with van der Waals surface area (Å²) in [6.07, 6.45) is -3.36. The molecule has 0 fully saturated rings. The predicted molar refractivity (Wildman–Crippen MR) is 55.2 cm³/mol. The lowest BCUT2D eigenvalue weighted by Crippen LogP contribution is -2.27. The Morgan fingerprint density at radius 3 is 2.80 bits per heavy atom. The molecule has 0 saturated heterocycles. The highest BCUT2D eigenvalue weighted by Gasteiger charge is 2.17. The van der Waals surface area contributed by atoms with Crippen LogP contribution < -0.4 is 5.32 Å². The van der Waals surface area contributed by atoms with Crippen LogP contribution in [0.2, 0.25) is 5.15 Å². The Labute approximate surface area is 97.8 Å². The van der Waals surface area contributed by atoms with Gasteiger partial charge in [-0.15, -0.1) is 0 Å². The Morgan fingerprint density at radius 1 is 1.53 bits per heavy atom. The van der Waals surface area contributed by atoms with Crippen molar-refractivity contribution in [3.05, 3.63) is 16.0 Å². The van der Waals surface area contributed by atoms with Crippen molar-refractivity contribution < 1.29 is 13.9 Å². The minimum atomic E-state index is -2.80. The first kappa shape index (κ1) is 12.5. The number of halogens is 4. The second-order valence-corrected chi connectivity index (χ2v) is 3.76. The lowest BCUT2D eigenvalue weighted by Gasteiger charge is -2.11. The average molecular weight is 303 g/mol. The zero-order valence-corrected chi connectivity index (χ0v) is 9.63. The van der Waals surface area contributed by atoms with Gasteiger partial charge >= 0.3 is 0 Å². The van der Waals surface area contributed by atoms with Crippen LogP contribution in [0.5, 0.6) is 0 Å². The maximum atomic E-state index is 12.0. The minimum absolute atomic E-state index is 0.166. The van der Waals surface area contributed by atoms with Crippen LogP contribution in [0.4, 0.5) is 14.6 Å². The predicted octanol–water partition coefficient (Wildman–Crippen LogP) is 1.93. The molecule has 1 atom stereocenters. The van der Waals surface area contributed by atoms with Crippen molar-refractivity contribution in [1.82, 2.24) is 9.97 Å². The zero-order valence-electron chi connectivity index (χ0n) is 7.29. The molecule has 4 nitrogen and oxygen atoms in total. The van der Waals surface area contributed by atoms with Crippen LogP contribution in [-0.4, -0.2) is 34.1 Å². The first-order chi connectivity index (χ1) is 7.02. The Kier molecular flexibility index (Phi) is 4.62. The molecule has 0 amide bonds. The smallest absolute Gasteiger partial charge is 0.265 e. The molecule has 1 aromatic heterocycles. The molecule has 0 spiro atoms. The number of aliphatic hydroxyl groups excluding tert-OH is 1. The second-order valence-electron chi connectivity index (χ2n) is 2.61. The minimum Gasteiger partial charge on any atom is -0.385 e. The summed E-state index contributed by atoms with van der Waals surface area (Å²) < 4.78 is 24.3. The Bertz CT molecular complexity index is 342. The van der Waals surface area contributed by atoms with E-state index in [-0.39, 0.29) is 17.5 Å². The molecule has 8 heteroatoms. The number of aromatic nitrogens is 2. The van der Waals surface area contributed by atoms with E-state index in [9.17, 15) is 8.78 Å². The zero-order chi connectivity index (χ0) is 11.4. The van der Waals surface area contributed by atoms with Crippen LogP contribution in [0.15, 0.2) is 10.8 Å². The molecule has 0 aliphatic carbocycles. The largest absolute Gasteiger partial charge is 0.385 e. The van der Waals surface area contributed by atoms with Crippen molar-refractivity contribution in [1.29, 1.82) is 0 Å². The van der Waals surface area contributed by atoms with Gasteiger partial charge in [0.25, 0.3) is 6.43 Å². The van der Waals surface area contributed by atoms with E-state index < -0.39 is 12.5 Å². The summed E-state index contributed by atoms with van der Waals surface area (Å²) in [4.78, 5) is 7.42. The quantitative estimate of drug-likeness (QED) is 0.835. The summed E-state index contributed by atoms with van der Waals surface area (Å²) in [7, 11) is 0. The summed E-state index contributed by atoms with van der Waals surface area (Å²) in [5, 5.41) is 11.5. The van der Waals surface area contributed by atoms with E-state index in [2.05, 4.69) is 31.2 Å². The van der Waals surface area contributed by atoms with Crippen molar-refractivity contribution in [2.45, 2.75) is 12.5 Å². The van der Waals surface area contributed by atoms with Crippen LogP contribution >= 0.6 is 27.5 Å². The first-order valence-corrected chi connectivity index (χ1v) is 5.05. The van der Waals surface area contributed by atoms with Crippen molar-refractivity contribution >= 4 is 33.3 Å². The number of aliphatic hydroxyl groups is 1. The standard InChI is InChI=1S/C7H7BrClF2N3O/c8-4-5(9)13-2-14-7(4)12-1-3(15)6(10)11/h2-3,6,15H,1H2,(H,12,13,14). The van der Waals surface area contributed by atoms with Gasteiger partial charge in [0, 0.05) is 6.54 Å². The molecule has 0 saturated carbocycles. The normalized spacial score (nSPS) is 12.9. The van der Waals surface area contributed by atoms with E-state index in [0.717, 1.165) is 0 Å². The summed E-state index contributed by atoms with van der Waals surface area (Å²) >= 11 is 8.72. The lowest BCUT2D eigenvalue weighted by molar-refractivity contribution is 0.00380. The van der Waals surface area contributed by atoms with Gasteiger partial charge in [-0.2, -0.15) is 0 Å². The average Bonchev–Trinajstić information content (AvgIpc) is 2.19. The molecule has 0 aliphatic heterocycles. The molecule has 0 aliphatic rings. The number of alkyl halides is 2. The van der Waals surface area contributed by atoms with Gasteiger partial charge in [-0.05, 0) is 15.9 Å². The molecule has 1 heterocycles. The van der Waals surface area contributed by atoms with Crippen molar-refractivity contribution in [2.75, 3.05) is 11.9 Å². The number of anilines is 1. The molecule has 15 heavy (non-hydrogen) atoms. The van der Waals surface area contributed by atoms with Crippen molar-refractivity contribution in [2.24, 2.45) is 0 Å². The molecular formula is C7H7BrClF2N3O. The highest BCUT2D eigenvalue weighted by atomic mass is 79.9. The molecule has 1 rings (SSSR count). The van der Waals surface area contributed by atoms with Gasteiger partial charge in [0.05, 0.1) is 4.47 Å². The highest BCUT2D eigenvalue weighted by Crippen LogP contribution is 2.25. The van der Waals surface area contributed by atoms with E-state index >= 15 is 0 Å². The summed E-state index contributed by atoms with van der Waals surface area (Å²) in [5.74, 6) is 0.259. The first-order valence-electron chi connectivity index (χ1n) is 3.88. The van der Waals surface area contributed by atoms with Crippen LogP contribution in [0, 0.1) is 0 Å². The number of nitrogens with one attached hydrogen (secondary N) is 1. The highest BCUT2D eigenvalue weighted by molar-refractivity contribution is 9.10. The third-order valence-electron chi connectivity index (χ3n) is 1.52. The molecule has 0 radical (unpaired) electrons. The fraction of sp³-hybridized carbons (Fsp3) is 0.429. The Morgan fingerprint density at radius 2 is 2.20 bits per heavy atom. The van der Waals surface area contributed by atoms with E-state index in [1.54, 1.807) is 0 Å². The molecule has 1 aromatic rings. The SMILES string of the molecule is OC(CNc1ncnc(Cl)c1Br)C(F)F. The van der Waals surface area contributed by atoms with E-state index in [1.807, 2.05) is 0 Å². The third-order valence-corrected chi connectivity index (χ3v) is 2.78. The third kappa shape index (κ3) is 3.51. The maximum Gasteiger partial charge on any atom is 0.265 e. The Balaban J connectivity index is 2.62. The van der Waals surface area contributed by atoms with Gasteiger partial charge in [0.1, 0.15) is 23.4 Å². The van der Waals surface area contributed by atoms with Gasteiger partial charge in [-0.3, -0.25) is 0 Å². The number of nitrogens with zero attached hydrogens (tertiary/aromatic N) is 2. The fourth-order valence-electron chi connectivity index (χ4n) is 0.762. The molecule has 0 aromatic carbocycles. The number of hydrogen-bond donors (Lipinski definition) is 2. The molecular weight excluding hydrogens is 295 g/mol. The Hall–Kier alpha value is -0.530. The lowest BCUT2D eigenvalue weighted by atomic mass is 10.3. The van der Waals surface area contributed by atoms with Crippen LogP contribution in [-0.2, 0) is 0 Å². The van der Waals surface area contributed by atoms with Crippen LogP contribution in [0.25, 0.3) is 0 Å². The summed E-state index contributed by atoms with van der Waals surface area (Å²) in [5.41, 5.74) is 0. The topological polar surface area (TPSA) is 58.0 Å². The van der Waals surface area contributed by atoms with E-state index in [1.165, 1.54) is 6.33 Å². The summed E-state index contributed by atoms with van der Waals surface area (Å²) in [6, 6.07) is 0. The number of hydrogen-bond acceptors (Lipinski definition) is 4. The fourth-order valence-corrected chi connectivity index (χ4v) is 1.24.